The van der Waals surface area contributed by atoms with Crippen molar-refractivity contribution in [2.45, 2.75) is 92.6 Å². The third kappa shape index (κ3) is 5.24. The van der Waals surface area contributed by atoms with Crippen molar-refractivity contribution in [2.24, 2.45) is 0 Å². The van der Waals surface area contributed by atoms with Crippen LogP contribution < -0.4 is 5.32 Å². The molecule has 1 aliphatic carbocycles. The van der Waals surface area contributed by atoms with Gasteiger partial charge < -0.3 is 70.6 Å². The van der Waals surface area contributed by atoms with E-state index in [9.17, 15) is 51.1 Å². The Kier molecular flexibility index (Phi) is 8.80. The highest BCUT2D eigenvalue weighted by Crippen LogP contribution is 2.29. The molecule has 0 saturated carbocycles. The first kappa shape index (κ1) is 26.8. The third-order valence-electron chi connectivity index (χ3n) is 6.36. The highest BCUT2D eigenvalue weighted by Gasteiger charge is 2.50. The van der Waals surface area contributed by atoms with E-state index in [4.69, 9.17) is 14.2 Å². The fourth-order valence-corrected chi connectivity index (χ4v) is 4.33. The number of aliphatic hydroxyl groups excluding tert-OH is 10. The van der Waals surface area contributed by atoms with Gasteiger partial charge in [-0.05, 0) is 12.5 Å². The normalized spacial score (nSPS) is 51.3. The zero-order chi connectivity index (χ0) is 24.6. The Morgan fingerprint density at radius 3 is 2.12 bits per heavy atom. The van der Waals surface area contributed by atoms with Crippen LogP contribution in [0.4, 0.5) is 0 Å². The van der Waals surface area contributed by atoms with Crippen molar-refractivity contribution in [1.29, 1.82) is 0 Å². The van der Waals surface area contributed by atoms with Crippen LogP contribution in [0.25, 0.3) is 0 Å². The van der Waals surface area contributed by atoms with Crippen molar-refractivity contribution >= 4 is 0 Å². The van der Waals surface area contributed by atoms with Gasteiger partial charge in [0.2, 0.25) is 0 Å². The molecule has 2 fully saturated rings. The summed E-state index contributed by atoms with van der Waals surface area (Å²) >= 11 is 0. The van der Waals surface area contributed by atoms with Crippen LogP contribution in [0, 0.1) is 0 Å². The molecule has 14 nitrogen and oxygen atoms in total. The van der Waals surface area contributed by atoms with Crippen molar-refractivity contribution < 1.29 is 65.3 Å². The Hall–Kier alpha value is -0.820. The number of rotatable bonds is 6. The van der Waals surface area contributed by atoms with Crippen LogP contribution in [0.3, 0.4) is 0 Å². The molecule has 0 radical (unpaired) electrons. The lowest BCUT2D eigenvalue weighted by Crippen LogP contribution is -2.68. The lowest BCUT2D eigenvalue weighted by molar-refractivity contribution is -0.345. The van der Waals surface area contributed by atoms with E-state index < -0.39 is 98.9 Å². The Bertz CT molecular complexity index is 680. The molecule has 0 aromatic heterocycles. The second kappa shape index (κ2) is 10.8. The summed E-state index contributed by atoms with van der Waals surface area (Å²) in [5.41, 5.74) is 0.0630. The number of hydrogen-bond donors (Lipinski definition) is 11. The van der Waals surface area contributed by atoms with Gasteiger partial charge in [0.05, 0.1) is 31.4 Å². The van der Waals surface area contributed by atoms with Gasteiger partial charge in [-0.25, -0.2) is 0 Å². The average molecular weight is 483 g/mol. The quantitative estimate of drug-likeness (QED) is 0.157. The van der Waals surface area contributed by atoms with Gasteiger partial charge in [0, 0.05) is 0 Å². The lowest BCUT2D eigenvalue weighted by atomic mass is 9.86. The highest BCUT2D eigenvalue weighted by atomic mass is 16.7. The van der Waals surface area contributed by atoms with Crippen molar-refractivity contribution in [3.63, 3.8) is 0 Å². The molecule has 14 heteroatoms. The van der Waals surface area contributed by atoms with Gasteiger partial charge in [-0.1, -0.05) is 6.08 Å². The summed E-state index contributed by atoms with van der Waals surface area (Å²) in [6.07, 6.45) is -16.8. The molecule has 2 heterocycles. The zero-order valence-corrected chi connectivity index (χ0v) is 17.8. The van der Waals surface area contributed by atoms with Gasteiger partial charge in [0.25, 0.3) is 0 Å². The van der Waals surface area contributed by atoms with Crippen molar-refractivity contribution in [3.05, 3.63) is 11.6 Å². The number of ether oxygens (including phenoxy) is 3. The van der Waals surface area contributed by atoms with E-state index in [2.05, 4.69) is 5.32 Å². The molecule has 3 rings (SSSR count). The second-order valence-electron chi connectivity index (χ2n) is 8.56. The molecule has 0 bridgehead atoms. The third-order valence-corrected chi connectivity index (χ3v) is 6.36. The molecule has 0 unspecified atom stereocenters. The van der Waals surface area contributed by atoms with Crippen LogP contribution in [0.5, 0.6) is 0 Å². The number of aliphatic hydroxyl groups is 10. The Labute approximate surface area is 188 Å². The fourth-order valence-electron chi connectivity index (χ4n) is 4.33. The van der Waals surface area contributed by atoms with Gasteiger partial charge in [0.15, 0.2) is 12.6 Å². The van der Waals surface area contributed by atoms with E-state index in [1.165, 1.54) is 13.0 Å². The Morgan fingerprint density at radius 1 is 0.848 bits per heavy atom. The van der Waals surface area contributed by atoms with Crippen LogP contribution in [-0.2, 0) is 14.2 Å². The minimum absolute atomic E-state index is 0.0630. The number of hydrogen-bond acceptors (Lipinski definition) is 14. The molecule has 0 aromatic rings. The summed E-state index contributed by atoms with van der Waals surface area (Å²) in [7, 11) is 0. The average Bonchev–Trinajstić information content (AvgIpc) is 2.79. The van der Waals surface area contributed by atoms with E-state index in [1.807, 2.05) is 0 Å². The van der Waals surface area contributed by atoms with E-state index in [-0.39, 0.29) is 5.57 Å². The van der Waals surface area contributed by atoms with Gasteiger partial charge in [-0.3, -0.25) is 0 Å². The van der Waals surface area contributed by atoms with Crippen LogP contribution in [0.15, 0.2) is 11.6 Å². The van der Waals surface area contributed by atoms with E-state index in [0.717, 1.165) is 0 Å². The van der Waals surface area contributed by atoms with E-state index >= 15 is 0 Å². The molecule has 0 aromatic carbocycles. The molecule has 0 amide bonds. The first-order valence-electron chi connectivity index (χ1n) is 10.6. The first-order chi connectivity index (χ1) is 15.5. The molecule has 33 heavy (non-hydrogen) atoms. The van der Waals surface area contributed by atoms with Gasteiger partial charge >= 0.3 is 0 Å². The largest absolute Gasteiger partial charge is 0.394 e. The summed E-state index contributed by atoms with van der Waals surface area (Å²) in [4.78, 5) is 0. The molecular formula is C19H33NO13. The maximum absolute atomic E-state index is 10.7. The zero-order valence-electron chi connectivity index (χ0n) is 17.8. The lowest BCUT2D eigenvalue weighted by Gasteiger charge is -2.47. The fraction of sp³-hybridized carbons (Fsp3) is 0.895. The molecule has 192 valence electrons. The maximum Gasteiger partial charge on any atom is 0.187 e. The van der Waals surface area contributed by atoms with Crippen molar-refractivity contribution in [3.8, 4) is 0 Å². The molecule has 14 atom stereocenters. The van der Waals surface area contributed by atoms with Crippen LogP contribution in [-0.4, -0.2) is 150 Å². The molecule has 3 aliphatic rings. The first-order valence-corrected chi connectivity index (χ1v) is 10.6. The summed E-state index contributed by atoms with van der Waals surface area (Å²) < 4.78 is 16.1. The topological polar surface area (TPSA) is 242 Å². The van der Waals surface area contributed by atoms with Gasteiger partial charge in [-0.15, -0.1) is 0 Å². The standard InChI is InChI=1S/C19H33NO13/c1-5-9(20-7-2-6(3-21)10(23)13(26)11(7)24)12(25)16(29)19(31-5)33-17-8(4-22)32-18(30)15(28)14(17)27/h2,5,7-30H,3-4H2,1H3/t5-,7+,8+,9+,10-,11+,12+,13-,14+,15-,16+,17-,18+,19+/m1/s1. The van der Waals surface area contributed by atoms with Crippen molar-refractivity contribution in [1.82, 2.24) is 5.32 Å². The highest BCUT2D eigenvalue weighted by molar-refractivity contribution is 5.22. The minimum Gasteiger partial charge on any atom is -0.394 e. The van der Waals surface area contributed by atoms with Gasteiger partial charge in [0.1, 0.15) is 54.9 Å². The smallest absolute Gasteiger partial charge is 0.187 e. The van der Waals surface area contributed by atoms with E-state index in [1.54, 1.807) is 0 Å². The minimum atomic E-state index is -1.76. The summed E-state index contributed by atoms with van der Waals surface area (Å²) in [6.45, 7) is 0.249. The Balaban J connectivity index is 1.71. The predicted molar refractivity (Wildman–Crippen MR) is 105 cm³/mol. The summed E-state index contributed by atoms with van der Waals surface area (Å²) in [5, 5.41) is 103. The monoisotopic (exact) mass is 483 g/mol. The Morgan fingerprint density at radius 2 is 1.52 bits per heavy atom. The summed E-state index contributed by atoms with van der Waals surface area (Å²) in [5.74, 6) is 0. The van der Waals surface area contributed by atoms with E-state index in [0.29, 0.717) is 0 Å². The molecule has 0 spiro atoms. The molecular weight excluding hydrogens is 450 g/mol. The van der Waals surface area contributed by atoms with Crippen LogP contribution in [0.1, 0.15) is 6.92 Å². The SMILES string of the molecule is C[C@H]1O[C@@H](O[C@H]2[C@@H](O)[C@@H](O)[C@@H](O)O[C@H]2CO)[C@@H](O)[C@@H](O)[C@H]1N[C@H]1C=C(CO)[C@@H](O)[C@@H](O)[C@H]1O. The molecule has 11 N–H and O–H groups in total. The summed E-state index contributed by atoms with van der Waals surface area (Å²) in [6, 6.07) is -2.02. The van der Waals surface area contributed by atoms with Crippen LogP contribution >= 0.6 is 0 Å². The second-order valence-corrected chi connectivity index (χ2v) is 8.56. The van der Waals surface area contributed by atoms with Gasteiger partial charge in [-0.2, -0.15) is 0 Å². The maximum atomic E-state index is 10.7. The molecule has 2 aliphatic heterocycles. The number of nitrogens with one attached hydrogen (secondary N) is 1. The predicted octanol–water partition coefficient (Wildman–Crippen LogP) is -6.39. The van der Waals surface area contributed by atoms with Crippen LogP contribution in [0.2, 0.25) is 0 Å². The van der Waals surface area contributed by atoms with Crippen molar-refractivity contribution in [2.75, 3.05) is 13.2 Å². The molecule has 2 saturated heterocycles.